The summed E-state index contributed by atoms with van der Waals surface area (Å²) in [6.07, 6.45) is 0. The Hall–Kier alpha value is -2.97. The van der Waals surface area contributed by atoms with Crippen LogP contribution in [0.3, 0.4) is 0 Å². The zero-order chi connectivity index (χ0) is 17.5. The van der Waals surface area contributed by atoms with Crippen LogP contribution in [-0.2, 0) is 6.54 Å². The van der Waals surface area contributed by atoms with Crippen molar-refractivity contribution in [2.75, 3.05) is 20.3 Å². The van der Waals surface area contributed by atoms with E-state index in [-0.39, 0.29) is 12.6 Å². The molecule has 0 aliphatic rings. The van der Waals surface area contributed by atoms with Gasteiger partial charge in [0.2, 0.25) is 0 Å². The number of para-hydroxylation sites is 1. The lowest BCUT2D eigenvalue weighted by Gasteiger charge is -2.12. The average Bonchev–Trinajstić information content (AvgIpc) is 3.12. The standard InChI is InChI=1S/C17H19N5O3/c1-24-16-11-13(12-18-9-10-23)7-8-15(16)25-17-19-20-21-22(17)14-5-3-2-4-6-14/h2-8,11,18,23H,9-10,12H2,1H3. The van der Waals surface area contributed by atoms with Crippen molar-refractivity contribution in [1.29, 1.82) is 0 Å². The van der Waals surface area contributed by atoms with Gasteiger partial charge in [0.15, 0.2) is 11.5 Å². The molecule has 25 heavy (non-hydrogen) atoms. The van der Waals surface area contributed by atoms with E-state index in [2.05, 4.69) is 20.8 Å². The van der Waals surface area contributed by atoms with Crippen LogP contribution in [0.1, 0.15) is 5.56 Å². The number of rotatable bonds is 8. The summed E-state index contributed by atoms with van der Waals surface area (Å²) < 4.78 is 12.8. The lowest BCUT2D eigenvalue weighted by molar-refractivity contribution is 0.292. The Kier molecular flexibility index (Phi) is 5.55. The van der Waals surface area contributed by atoms with Crippen LogP contribution in [0.2, 0.25) is 0 Å². The van der Waals surface area contributed by atoms with Gasteiger partial charge in [0.05, 0.1) is 19.4 Å². The molecule has 0 fully saturated rings. The number of benzene rings is 2. The zero-order valence-corrected chi connectivity index (χ0v) is 13.8. The Balaban J connectivity index is 1.80. The van der Waals surface area contributed by atoms with E-state index in [0.29, 0.717) is 24.6 Å². The first-order valence-corrected chi connectivity index (χ1v) is 7.82. The van der Waals surface area contributed by atoms with Gasteiger partial charge in [-0.2, -0.15) is 4.68 Å². The fraction of sp³-hybridized carbons (Fsp3) is 0.235. The second-order valence-electron chi connectivity index (χ2n) is 5.20. The summed E-state index contributed by atoms with van der Waals surface area (Å²) in [4.78, 5) is 0. The molecule has 130 valence electrons. The molecule has 0 bridgehead atoms. The normalized spacial score (nSPS) is 10.6. The van der Waals surface area contributed by atoms with Gasteiger partial charge in [0.25, 0.3) is 0 Å². The highest BCUT2D eigenvalue weighted by molar-refractivity contribution is 5.44. The predicted molar refractivity (Wildman–Crippen MR) is 91.0 cm³/mol. The Morgan fingerprint density at radius 3 is 2.72 bits per heavy atom. The summed E-state index contributed by atoms with van der Waals surface area (Å²) in [5, 5.41) is 23.5. The fourth-order valence-electron chi connectivity index (χ4n) is 2.29. The molecule has 2 N–H and O–H groups in total. The van der Waals surface area contributed by atoms with Crippen LogP contribution in [0.4, 0.5) is 0 Å². The first-order valence-electron chi connectivity index (χ1n) is 7.82. The van der Waals surface area contributed by atoms with Gasteiger partial charge in [-0.05, 0) is 40.3 Å². The molecule has 8 nitrogen and oxygen atoms in total. The highest BCUT2D eigenvalue weighted by atomic mass is 16.5. The fourth-order valence-corrected chi connectivity index (χ4v) is 2.29. The van der Waals surface area contributed by atoms with E-state index in [1.165, 1.54) is 4.68 Å². The highest BCUT2D eigenvalue weighted by Crippen LogP contribution is 2.31. The Bertz CT molecular complexity index is 807. The molecule has 2 aromatic carbocycles. The van der Waals surface area contributed by atoms with Crippen LogP contribution < -0.4 is 14.8 Å². The first-order chi connectivity index (χ1) is 12.3. The maximum atomic E-state index is 8.82. The molecule has 0 saturated carbocycles. The van der Waals surface area contributed by atoms with Crippen molar-refractivity contribution in [1.82, 2.24) is 25.5 Å². The lowest BCUT2D eigenvalue weighted by atomic mass is 10.2. The number of methoxy groups -OCH3 is 1. The number of nitrogens with one attached hydrogen (secondary N) is 1. The first kappa shape index (κ1) is 16.9. The minimum absolute atomic E-state index is 0.0977. The number of tetrazole rings is 1. The molecule has 0 unspecified atom stereocenters. The minimum Gasteiger partial charge on any atom is -0.493 e. The van der Waals surface area contributed by atoms with Gasteiger partial charge < -0.3 is 19.9 Å². The predicted octanol–water partition coefficient (Wildman–Crippen LogP) is 1.55. The van der Waals surface area contributed by atoms with Gasteiger partial charge in [-0.15, -0.1) is 0 Å². The molecular formula is C17H19N5O3. The van der Waals surface area contributed by atoms with Crippen LogP contribution >= 0.6 is 0 Å². The number of aromatic nitrogens is 4. The molecule has 0 amide bonds. The molecule has 3 aromatic rings. The molecule has 0 radical (unpaired) electrons. The SMILES string of the molecule is COc1cc(CNCCO)ccc1Oc1nnnn1-c1ccccc1. The number of nitrogens with zero attached hydrogens (tertiary/aromatic N) is 4. The van der Waals surface area contributed by atoms with Gasteiger partial charge in [-0.1, -0.05) is 29.4 Å². The number of hydrogen-bond donors (Lipinski definition) is 2. The summed E-state index contributed by atoms with van der Waals surface area (Å²) >= 11 is 0. The van der Waals surface area contributed by atoms with Gasteiger partial charge in [0.1, 0.15) is 0 Å². The number of hydrogen-bond acceptors (Lipinski definition) is 7. The van der Waals surface area contributed by atoms with Crippen molar-refractivity contribution in [3.05, 3.63) is 54.1 Å². The van der Waals surface area contributed by atoms with Gasteiger partial charge in [0, 0.05) is 13.1 Å². The Labute approximate surface area is 145 Å². The third-order valence-electron chi connectivity index (χ3n) is 3.49. The summed E-state index contributed by atoms with van der Waals surface area (Å²) in [7, 11) is 1.58. The third-order valence-corrected chi connectivity index (χ3v) is 3.49. The van der Waals surface area contributed by atoms with Crippen molar-refractivity contribution in [3.63, 3.8) is 0 Å². The zero-order valence-electron chi connectivity index (χ0n) is 13.8. The highest BCUT2D eigenvalue weighted by Gasteiger charge is 2.14. The monoisotopic (exact) mass is 341 g/mol. The van der Waals surface area contributed by atoms with Crippen LogP contribution in [0, 0.1) is 0 Å². The molecule has 0 atom stereocenters. The number of aliphatic hydroxyl groups excluding tert-OH is 1. The summed E-state index contributed by atoms with van der Waals surface area (Å²) in [5.74, 6) is 1.09. The Morgan fingerprint density at radius 1 is 1.12 bits per heavy atom. The van der Waals surface area contributed by atoms with Crippen molar-refractivity contribution in [2.24, 2.45) is 0 Å². The molecule has 1 heterocycles. The minimum atomic E-state index is 0.0977. The molecule has 3 rings (SSSR count). The quantitative estimate of drug-likeness (QED) is 0.600. The van der Waals surface area contributed by atoms with Gasteiger partial charge >= 0.3 is 6.01 Å². The number of ether oxygens (including phenoxy) is 2. The molecular weight excluding hydrogens is 322 g/mol. The molecule has 1 aromatic heterocycles. The second kappa shape index (κ2) is 8.22. The maximum absolute atomic E-state index is 8.82. The van der Waals surface area contributed by atoms with E-state index in [0.717, 1.165) is 11.3 Å². The van der Waals surface area contributed by atoms with E-state index in [1.54, 1.807) is 13.2 Å². The van der Waals surface area contributed by atoms with E-state index >= 15 is 0 Å². The van der Waals surface area contributed by atoms with E-state index < -0.39 is 0 Å². The second-order valence-corrected chi connectivity index (χ2v) is 5.20. The number of aliphatic hydroxyl groups is 1. The topological polar surface area (TPSA) is 94.3 Å². The Morgan fingerprint density at radius 2 is 1.96 bits per heavy atom. The van der Waals surface area contributed by atoms with Crippen molar-refractivity contribution in [3.8, 4) is 23.2 Å². The summed E-state index contributed by atoms with van der Waals surface area (Å²) in [5.41, 5.74) is 1.81. The smallest absolute Gasteiger partial charge is 0.346 e. The van der Waals surface area contributed by atoms with Crippen LogP contribution in [0.5, 0.6) is 17.5 Å². The molecule has 0 aliphatic carbocycles. The molecule has 0 aliphatic heterocycles. The maximum Gasteiger partial charge on any atom is 0.346 e. The van der Waals surface area contributed by atoms with Crippen LogP contribution in [-0.4, -0.2) is 45.6 Å². The van der Waals surface area contributed by atoms with Gasteiger partial charge in [-0.25, -0.2) is 0 Å². The van der Waals surface area contributed by atoms with E-state index in [9.17, 15) is 0 Å². The molecule has 8 heteroatoms. The molecule has 0 spiro atoms. The van der Waals surface area contributed by atoms with Crippen LogP contribution in [0.15, 0.2) is 48.5 Å². The summed E-state index contributed by atoms with van der Waals surface area (Å²) in [6.45, 7) is 1.26. The van der Waals surface area contributed by atoms with Crippen LogP contribution in [0.25, 0.3) is 5.69 Å². The molecule has 0 saturated heterocycles. The van der Waals surface area contributed by atoms with E-state index in [4.69, 9.17) is 14.6 Å². The van der Waals surface area contributed by atoms with E-state index in [1.807, 2.05) is 42.5 Å². The van der Waals surface area contributed by atoms with Crippen molar-refractivity contribution >= 4 is 0 Å². The van der Waals surface area contributed by atoms with Gasteiger partial charge in [-0.3, -0.25) is 0 Å². The summed E-state index contributed by atoms with van der Waals surface area (Å²) in [6, 6.07) is 15.3. The lowest BCUT2D eigenvalue weighted by Crippen LogP contribution is -2.17. The average molecular weight is 341 g/mol. The van der Waals surface area contributed by atoms with Crippen molar-refractivity contribution < 1.29 is 14.6 Å². The largest absolute Gasteiger partial charge is 0.493 e. The third kappa shape index (κ3) is 4.11. The van der Waals surface area contributed by atoms with Crippen molar-refractivity contribution in [2.45, 2.75) is 6.54 Å².